The summed E-state index contributed by atoms with van der Waals surface area (Å²) in [6, 6.07) is 5.32. The van der Waals surface area contributed by atoms with Crippen LogP contribution in [-0.2, 0) is 9.53 Å². The van der Waals surface area contributed by atoms with Gasteiger partial charge in [0.25, 0.3) is 0 Å². The molecule has 98 valence electrons. The van der Waals surface area contributed by atoms with Gasteiger partial charge in [-0.05, 0) is 25.0 Å². The van der Waals surface area contributed by atoms with Gasteiger partial charge < -0.3 is 15.2 Å². The maximum absolute atomic E-state index is 10.7. The highest BCUT2D eigenvalue weighted by molar-refractivity contribution is 6.43. The van der Waals surface area contributed by atoms with Gasteiger partial charge in [0.1, 0.15) is 0 Å². The average molecular weight is 290 g/mol. The Labute approximate surface area is 115 Å². The lowest BCUT2D eigenvalue weighted by Crippen LogP contribution is -2.24. The molecule has 0 aliphatic carbocycles. The third-order valence-corrected chi connectivity index (χ3v) is 3.67. The van der Waals surface area contributed by atoms with Gasteiger partial charge >= 0.3 is 5.97 Å². The first-order valence-corrected chi connectivity index (χ1v) is 6.39. The van der Waals surface area contributed by atoms with E-state index in [-0.39, 0.29) is 6.10 Å². The van der Waals surface area contributed by atoms with Crippen molar-refractivity contribution in [2.45, 2.75) is 25.0 Å². The number of ether oxygens (including phenoxy) is 1. The molecule has 6 heteroatoms. The van der Waals surface area contributed by atoms with Crippen LogP contribution in [0.1, 0.15) is 12.8 Å². The Balaban J connectivity index is 1.89. The zero-order chi connectivity index (χ0) is 13.1. The van der Waals surface area contributed by atoms with Crippen molar-refractivity contribution in [1.29, 1.82) is 0 Å². The van der Waals surface area contributed by atoms with E-state index in [0.717, 1.165) is 12.1 Å². The molecule has 2 N–H and O–H groups in total. The van der Waals surface area contributed by atoms with Gasteiger partial charge in [-0.3, -0.25) is 0 Å². The normalized spacial score (nSPS) is 23.0. The van der Waals surface area contributed by atoms with E-state index in [9.17, 15) is 4.79 Å². The lowest BCUT2D eigenvalue weighted by molar-refractivity contribution is -0.149. The number of nitrogens with one attached hydrogen (secondary N) is 1. The zero-order valence-corrected chi connectivity index (χ0v) is 11.0. The van der Waals surface area contributed by atoms with Gasteiger partial charge in [0.2, 0.25) is 0 Å². The molecule has 1 aliphatic heterocycles. The van der Waals surface area contributed by atoms with Crippen LogP contribution >= 0.6 is 23.2 Å². The monoisotopic (exact) mass is 289 g/mol. The number of carbonyl (C=O) groups is 1. The van der Waals surface area contributed by atoms with Crippen molar-refractivity contribution in [2.24, 2.45) is 0 Å². The van der Waals surface area contributed by atoms with E-state index in [1.807, 2.05) is 6.07 Å². The standard InChI is InChI=1S/C12H13Cl2NO3/c13-8-2-1-3-9(11(8)14)15-6-7-4-5-10(18-7)12(16)17/h1-3,7,10,15H,4-6H2,(H,16,17). The van der Waals surface area contributed by atoms with Gasteiger partial charge in [-0.1, -0.05) is 29.3 Å². The molecule has 1 heterocycles. The van der Waals surface area contributed by atoms with Crippen LogP contribution in [0.25, 0.3) is 0 Å². The smallest absolute Gasteiger partial charge is 0.332 e. The van der Waals surface area contributed by atoms with E-state index in [4.69, 9.17) is 33.0 Å². The second kappa shape index (κ2) is 5.78. The highest BCUT2D eigenvalue weighted by atomic mass is 35.5. The predicted octanol–water partition coefficient (Wildman–Crippen LogP) is 3.04. The average Bonchev–Trinajstić information content (AvgIpc) is 2.80. The lowest BCUT2D eigenvalue weighted by Gasteiger charge is -2.14. The number of anilines is 1. The molecule has 0 aromatic heterocycles. The summed E-state index contributed by atoms with van der Waals surface area (Å²) in [5.74, 6) is -0.904. The summed E-state index contributed by atoms with van der Waals surface area (Å²) in [5.41, 5.74) is 0.728. The zero-order valence-electron chi connectivity index (χ0n) is 9.53. The highest BCUT2D eigenvalue weighted by Crippen LogP contribution is 2.30. The van der Waals surface area contributed by atoms with Crippen molar-refractivity contribution in [3.05, 3.63) is 28.2 Å². The van der Waals surface area contributed by atoms with Crippen molar-refractivity contribution < 1.29 is 14.6 Å². The Morgan fingerprint density at radius 2 is 2.22 bits per heavy atom. The fourth-order valence-corrected chi connectivity index (χ4v) is 2.27. The summed E-state index contributed by atoms with van der Waals surface area (Å²) < 4.78 is 5.38. The summed E-state index contributed by atoms with van der Waals surface area (Å²) in [6.45, 7) is 0.518. The van der Waals surface area contributed by atoms with Crippen LogP contribution in [0.5, 0.6) is 0 Å². The SMILES string of the molecule is O=C(O)C1CCC(CNc2cccc(Cl)c2Cl)O1. The molecule has 0 amide bonds. The van der Waals surface area contributed by atoms with Crippen LogP contribution in [0.4, 0.5) is 5.69 Å². The summed E-state index contributed by atoms with van der Waals surface area (Å²) in [7, 11) is 0. The number of halogens is 2. The number of benzene rings is 1. The van der Waals surface area contributed by atoms with Crippen LogP contribution in [-0.4, -0.2) is 29.8 Å². The number of rotatable bonds is 4. The van der Waals surface area contributed by atoms with Crippen molar-refractivity contribution in [2.75, 3.05) is 11.9 Å². The maximum Gasteiger partial charge on any atom is 0.332 e. The van der Waals surface area contributed by atoms with Crippen molar-refractivity contribution in [3.63, 3.8) is 0 Å². The first kappa shape index (κ1) is 13.5. The quantitative estimate of drug-likeness (QED) is 0.894. The van der Waals surface area contributed by atoms with Crippen LogP contribution in [0, 0.1) is 0 Å². The number of carboxylic acids is 1. The Hall–Kier alpha value is -0.970. The molecule has 1 aromatic rings. The van der Waals surface area contributed by atoms with Crippen LogP contribution in [0.15, 0.2) is 18.2 Å². The van der Waals surface area contributed by atoms with Crippen LogP contribution in [0.3, 0.4) is 0 Å². The fourth-order valence-electron chi connectivity index (χ4n) is 1.90. The maximum atomic E-state index is 10.7. The molecule has 0 spiro atoms. The number of aliphatic carboxylic acids is 1. The Kier molecular flexibility index (Phi) is 4.32. The number of hydrogen-bond acceptors (Lipinski definition) is 3. The third-order valence-electron chi connectivity index (χ3n) is 2.85. The summed E-state index contributed by atoms with van der Waals surface area (Å²) in [6.07, 6.45) is 0.473. The molecule has 0 radical (unpaired) electrons. The van der Waals surface area contributed by atoms with Crippen molar-refractivity contribution in [3.8, 4) is 0 Å². The van der Waals surface area contributed by atoms with E-state index < -0.39 is 12.1 Å². The Morgan fingerprint density at radius 3 is 2.89 bits per heavy atom. The van der Waals surface area contributed by atoms with Crippen molar-refractivity contribution in [1.82, 2.24) is 0 Å². The summed E-state index contributed by atoms with van der Waals surface area (Å²) >= 11 is 11.9. The van der Waals surface area contributed by atoms with Gasteiger partial charge in [-0.15, -0.1) is 0 Å². The first-order chi connectivity index (χ1) is 8.58. The molecule has 1 aromatic carbocycles. The molecule has 1 fully saturated rings. The van der Waals surface area contributed by atoms with Gasteiger partial charge in [0, 0.05) is 6.54 Å². The topological polar surface area (TPSA) is 58.6 Å². The third kappa shape index (κ3) is 3.07. The van der Waals surface area contributed by atoms with E-state index in [1.165, 1.54) is 0 Å². The predicted molar refractivity (Wildman–Crippen MR) is 70.5 cm³/mol. The molecule has 1 aliphatic rings. The number of hydrogen-bond donors (Lipinski definition) is 2. The lowest BCUT2D eigenvalue weighted by atomic mass is 10.2. The minimum atomic E-state index is -0.904. The van der Waals surface area contributed by atoms with E-state index in [2.05, 4.69) is 5.32 Å². The fraction of sp³-hybridized carbons (Fsp3) is 0.417. The molecule has 4 nitrogen and oxygen atoms in total. The minimum Gasteiger partial charge on any atom is -0.479 e. The first-order valence-electron chi connectivity index (χ1n) is 5.64. The van der Waals surface area contributed by atoms with Gasteiger partial charge in [-0.25, -0.2) is 4.79 Å². The molecule has 2 unspecified atom stereocenters. The van der Waals surface area contributed by atoms with Gasteiger partial charge in [0.05, 0.1) is 21.8 Å². The largest absolute Gasteiger partial charge is 0.479 e. The Morgan fingerprint density at radius 1 is 1.44 bits per heavy atom. The second-order valence-electron chi connectivity index (χ2n) is 4.14. The second-order valence-corrected chi connectivity index (χ2v) is 4.93. The van der Waals surface area contributed by atoms with E-state index in [0.29, 0.717) is 23.0 Å². The molecule has 18 heavy (non-hydrogen) atoms. The molecular formula is C12H13Cl2NO3. The summed E-state index contributed by atoms with van der Waals surface area (Å²) in [5, 5.41) is 12.9. The molecule has 2 rings (SSSR count). The minimum absolute atomic E-state index is 0.110. The van der Waals surface area contributed by atoms with Gasteiger partial charge in [-0.2, -0.15) is 0 Å². The van der Waals surface area contributed by atoms with E-state index in [1.54, 1.807) is 12.1 Å². The van der Waals surface area contributed by atoms with Crippen LogP contribution < -0.4 is 5.32 Å². The molecular weight excluding hydrogens is 277 g/mol. The molecule has 0 bridgehead atoms. The molecule has 0 saturated carbocycles. The Bertz CT molecular complexity index is 453. The molecule has 1 saturated heterocycles. The number of carboxylic acid groups (broad SMARTS) is 1. The van der Waals surface area contributed by atoms with E-state index >= 15 is 0 Å². The highest BCUT2D eigenvalue weighted by Gasteiger charge is 2.30. The molecule has 2 atom stereocenters. The van der Waals surface area contributed by atoms with Gasteiger partial charge in [0.15, 0.2) is 6.10 Å². The van der Waals surface area contributed by atoms with Crippen LogP contribution in [0.2, 0.25) is 10.0 Å². The van der Waals surface area contributed by atoms with Crippen molar-refractivity contribution >= 4 is 34.9 Å². The summed E-state index contributed by atoms with van der Waals surface area (Å²) in [4.78, 5) is 10.7.